The molecule has 2 aromatic carbocycles. The van der Waals surface area contributed by atoms with Gasteiger partial charge in [0.25, 0.3) is 0 Å². The number of benzene rings is 2. The van der Waals surface area contributed by atoms with Gasteiger partial charge >= 0.3 is 5.97 Å². The van der Waals surface area contributed by atoms with Gasteiger partial charge in [0.05, 0.1) is 29.0 Å². The number of fused-ring (bicyclic) bond motifs is 5. The number of hydrogen-bond acceptors (Lipinski definition) is 15. The van der Waals surface area contributed by atoms with Crippen LogP contribution in [0.5, 0.6) is 11.5 Å². The van der Waals surface area contributed by atoms with E-state index in [1.807, 2.05) is 0 Å². The summed E-state index contributed by atoms with van der Waals surface area (Å²) in [4.78, 5) is 68.6. The van der Waals surface area contributed by atoms with Crippen LogP contribution in [0.2, 0.25) is 0 Å². The summed E-state index contributed by atoms with van der Waals surface area (Å²) in [6.07, 6.45) is -6.79. The van der Waals surface area contributed by atoms with Crippen LogP contribution in [-0.4, -0.2) is 123 Å². The average Bonchev–Trinajstić information content (AvgIpc) is 3.04. The smallest absolute Gasteiger partial charge is 0.339 e. The molecule has 50 heavy (non-hydrogen) atoms. The van der Waals surface area contributed by atoms with E-state index in [0.29, 0.717) is 0 Å². The number of nitrogens with one attached hydrogen (secondary N) is 1. The predicted octanol–water partition coefficient (Wildman–Crippen LogP) is 0.424. The molecule has 0 amide bonds. The van der Waals surface area contributed by atoms with Gasteiger partial charge in [-0.05, 0) is 31.0 Å². The summed E-state index contributed by atoms with van der Waals surface area (Å²) in [5.74, 6) is -8.64. The molecule has 0 aromatic heterocycles. The molecule has 1 fully saturated rings. The first-order valence-corrected chi connectivity index (χ1v) is 15.9. The highest BCUT2D eigenvalue weighted by Gasteiger charge is 2.73. The molecule has 1 saturated heterocycles. The second-order valence-corrected chi connectivity index (χ2v) is 13.3. The van der Waals surface area contributed by atoms with E-state index < -0.39 is 134 Å². The monoisotopic (exact) mass is 761 g/mol. The van der Waals surface area contributed by atoms with Crippen molar-refractivity contribution in [3.63, 3.8) is 0 Å². The number of carboxylic acid groups (broad SMARTS) is 1. The number of methoxy groups -OCH3 is 3. The number of ketones is 4. The molecular weight excluding hydrogens is 730 g/mol. The molecule has 2 aromatic rings. The number of hydrogen-bond donors (Lipinski definition) is 7. The van der Waals surface area contributed by atoms with Crippen LogP contribution in [0.4, 0.5) is 0 Å². The number of aromatic carboxylic acids is 1. The van der Waals surface area contributed by atoms with Gasteiger partial charge in [-0.1, -0.05) is 15.9 Å². The zero-order valence-electron chi connectivity index (χ0n) is 27.1. The van der Waals surface area contributed by atoms with E-state index in [9.17, 15) is 54.6 Å². The third-order valence-electron chi connectivity index (χ3n) is 10.1. The van der Waals surface area contributed by atoms with E-state index >= 15 is 0 Å². The molecule has 266 valence electrons. The topological polar surface area (TPSA) is 256 Å². The summed E-state index contributed by atoms with van der Waals surface area (Å²) in [5.41, 5.74) is -11.1. The van der Waals surface area contributed by atoms with Gasteiger partial charge in [-0.15, -0.1) is 0 Å². The minimum absolute atomic E-state index is 0.00981. The first kappa shape index (κ1) is 35.7. The van der Waals surface area contributed by atoms with Gasteiger partial charge < -0.3 is 54.9 Å². The minimum atomic E-state index is -3.32. The number of carbonyl (C=O) groups excluding carboxylic acids is 4. The Morgan fingerprint density at radius 3 is 2.22 bits per heavy atom. The van der Waals surface area contributed by atoms with Crippen LogP contribution in [0, 0.1) is 6.92 Å². The summed E-state index contributed by atoms with van der Waals surface area (Å²) in [6, 6.07) is 0.810. The summed E-state index contributed by atoms with van der Waals surface area (Å²) in [7, 11) is 3.52. The number of aromatic hydroxyl groups is 2. The lowest BCUT2D eigenvalue weighted by Gasteiger charge is -2.53. The van der Waals surface area contributed by atoms with Crippen molar-refractivity contribution in [1.82, 2.24) is 5.32 Å². The lowest BCUT2D eigenvalue weighted by Crippen LogP contribution is -2.73. The maximum atomic E-state index is 14.6. The fourth-order valence-electron chi connectivity index (χ4n) is 7.77. The van der Waals surface area contributed by atoms with Gasteiger partial charge in [0.15, 0.2) is 23.2 Å². The van der Waals surface area contributed by atoms with Gasteiger partial charge in [0.2, 0.25) is 17.3 Å². The van der Waals surface area contributed by atoms with Crippen LogP contribution in [0.1, 0.15) is 75.4 Å². The Morgan fingerprint density at radius 1 is 1.00 bits per heavy atom. The Morgan fingerprint density at radius 2 is 1.64 bits per heavy atom. The zero-order valence-corrected chi connectivity index (χ0v) is 28.6. The number of rotatable bonds is 6. The van der Waals surface area contributed by atoms with Crippen molar-refractivity contribution in [1.29, 1.82) is 0 Å². The zero-order chi connectivity index (χ0) is 36.9. The Kier molecular flexibility index (Phi) is 8.59. The average molecular weight is 763 g/mol. The number of ether oxygens (including phenoxy) is 4. The highest BCUT2D eigenvalue weighted by Crippen LogP contribution is 2.58. The van der Waals surface area contributed by atoms with E-state index in [0.717, 1.165) is 19.3 Å². The minimum Gasteiger partial charge on any atom is -0.507 e. The van der Waals surface area contributed by atoms with E-state index in [1.54, 1.807) is 6.92 Å². The number of halogens is 1. The van der Waals surface area contributed by atoms with E-state index in [4.69, 9.17) is 18.9 Å². The molecule has 16 nitrogen and oxygen atoms in total. The van der Waals surface area contributed by atoms with Crippen molar-refractivity contribution < 1.29 is 73.6 Å². The summed E-state index contributed by atoms with van der Waals surface area (Å²) in [6.45, 7) is 2.94. The predicted molar refractivity (Wildman–Crippen MR) is 169 cm³/mol. The number of carbonyl (C=O) groups is 5. The molecule has 8 atom stereocenters. The number of carboxylic acids is 1. The van der Waals surface area contributed by atoms with Crippen LogP contribution >= 0.6 is 15.9 Å². The van der Waals surface area contributed by atoms with Crippen LogP contribution in [0.3, 0.4) is 0 Å². The first-order valence-electron chi connectivity index (χ1n) is 15.1. The maximum absolute atomic E-state index is 14.6. The Hall–Kier alpha value is -4.07. The summed E-state index contributed by atoms with van der Waals surface area (Å²) < 4.78 is 22.0. The molecular formula is C33H32BrNO15. The molecule has 0 bridgehead atoms. The molecule has 0 saturated carbocycles. The quantitative estimate of drug-likeness (QED) is 0.211. The number of aliphatic hydroxyl groups excluding tert-OH is 2. The standard InChI is InChI=1S/C33H32BrNO15/c1-9-17(31(44)45)24(40)20-13(21(9)34)7-16(37)33(49-5)29(43)19-12(28(42)32(20,33)46)6-11-18(23(19)39)15(36)8-14(22(11)38)35-30-27(48-4)25(41)26(47-3)10(2)50-30/h6,8,10,16,25-27,30,35,37,39-41,46H,7H2,1-5H3,(H,44,45)/t10-,16?,25+,26-,27+,30-,32?,33?/m0/s1. The van der Waals surface area contributed by atoms with Gasteiger partial charge in [-0.25, -0.2) is 4.79 Å². The summed E-state index contributed by atoms with van der Waals surface area (Å²) >= 11 is 3.23. The number of aliphatic hydroxyl groups is 3. The number of phenolic OH excluding ortho intramolecular Hbond substituents is 1. The Labute approximate surface area is 291 Å². The Bertz CT molecular complexity index is 1960. The highest BCUT2D eigenvalue weighted by atomic mass is 79.9. The van der Waals surface area contributed by atoms with Crippen LogP contribution < -0.4 is 5.32 Å². The second-order valence-electron chi connectivity index (χ2n) is 12.5. The molecule has 3 unspecified atom stereocenters. The lowest BCUT2D eigenvalue weighted by molar-refractivity contribution is -0.236. The van der Waals surface area contributed by atoms with Gasteiger partial charge in [0, 0.05) is 55.0 Å². The van der Waals surface area contributed by atoms with Crippen molar-refractivity contribution in [2.75, 3.05) is 21.3 Å². The van der Waals surface area contributed by atoms with Gasteiger partial charge in [0.1, 0.15) is 35.4 Å². The van der Waals surface area contributed by atoms with Crippen molar-refractivity contribution in [3.05, 3.63) is 66.8 Å². The van der Waals surface area contributed by atoms with Crippen LogP contribution in [0.25, 0.3) is 0 Å². The largest absolute Gasteiger partial charge is 0.507 e. The molecule has 1 aliphatic heterocycles. The molecule has 1 heterocycles. The fraction of sp³-hybridized carbons (Fsp3) is 0.424. The maximum Gasteiger partial charge on any atom is 0.339 e. The highest BCUT2D eigenvalue weighted by molar-refractivity contribution is 9.10. The number of allylic oxidation sites excluding steroid dienone is 2. The van der Waals surface area contributed by atoms with E-state index in [1.165, 1.54) is 21.1 Å². The van der Waals surface area contributed by atoms with Crippen molar-refractivity contribution in [2.24, 2.45) is 0 Å². The molecule has 6 rings (SSSR count). The number of Topliss-reactive ketones (excluding diaryl/α,β-unsaturated/α-hetero) is 3. The van der Waals surface area contributed by atoms with Crippen LogP contribution in [-0.2, 0) is 31.0 Å². The van der Waals surface area contributed by atoms with Crippen molar-refractivity contribution in [2.45, 2.75) is 68.2 Å². The van der Waals surface area contributed by atoms with Crippen molar-refractivity contribution in [3.8, 4) is 11.5 Å². The first-order chi connectivity index (χ1) is 23.5. The van der Waals surface area contributed by atoms with Gasteiger partial charge in [-0.2, -0.15) is 0 Å². The lowest BCUT2D eigenvalue weighted by atomic mass is 9.56. The second kappa shape index (κ2) is 12.0. The number of phenols is 2. The molecule has 4 aliphatic rings. The van der Waals surface area contributed by atoms with E-state index in [-0.39, 0.29) is 15.6 Å². The third kappa shape index (κ3) is 4.38. The molecule has 0 spiro atoms. The fourth-order valence-corrected chi connectivity index (χ4v) is 8.33. The normalized spacial score (nSPS) is 31.7. The molecule has 7 N–H and O–H groups in total. The SMILES string of the molecule is CO[C@@H]1[C@@H](O)[C@@H](OC)[C@@H](NC2=CC(=O)c3c(cc4c(c3O)C(=O)C3(OC)C(O)Cc5c(Br)c(C)c(C(=O)O)c(O)c5C3(O)C4=O)C2=O)O[C@H]1C. The Balaban J connectivity index is 1.53. The van der Waals surface area contributed by atoms with Gasteiger partial charge in [-0.3, -0.25) is 19.2 Å². The van der Waals surface area contributed by atoms with E-state index in [2.05, 4.69) is 21.2 Å². The third-order valence-corrected chi connectivity index (χ3v) is 11.2. The summed E-state index contributed by atoms with van der Waals surface area (Å²) in [5, 5.41) is 70.1. The van der Waals surface area contributed by atoms with Crippen LogP contribution in [0.15, 0.2) is 22.3 Å². The molecule has 0 radical (unpaired) electrons. The molecule has 17 heteroatoms. The van der Waals surface area contributed by atoms with Crippen molar-refractivity contribution >= 4 is 45.0 Å². The molecule has 3 aliphatic carbocycles.